The van der Waals surface area contributed by atoms with Gasteiger partial charge in [-0.2, -0.15) is 0 Å². The Morgan fingerprint density at radius 3 is 2.67 bits per heavy atom. The average Bonchev–Trinajstić information content (AvgIpc) is 3.13. The number of carbonyl (C=O) groups excluding carboxylic acids is 2. The molecule has 0 unspecified atom stereocenters. The van der Waals surface area contributed by atoms with E-state index >= 15 is 0 Å². The number of nitrogens with zero attached hydrogens (tertiary/aromatic N) is 4. The van der Waals surface area contributed by atoms with E-state index in [9.17, 15) is 19.7 Å². The number of non-ortho nitro benzene ring substituents is 1. The lowest BCUT2D eigenvalue weighted by molar-refractivity contribution is -0.384. The number of nitrogens with one attached hydrogen (secondary N) is 1. The van der Waals surface area contributed by atoms with Gasteiger partial charge in [-0.3, -0.25) is 19.7 Å². The van der Waals surface area contributed by atoms with E-state index in [1.807, 2.05) is 0 Å². The zero-order valence-corrected chi connectivity index (χ0v) is 13.4. The Morgan fingerprint density at radius 2 is 2.08 bits per heavy atom. The lowest BCUT2D eigenvalue weighted by atomic mass is 10.1. The molecule has 10 heteroatoms. The summed E-state index contributed by atoms with van der Waals surface area (Å²) in [5, 5.41) is 22.1. The number of aromatic nitrogens is 2. The number of nitro groups is 1. The van der Waals surface area contributed by atoms with Crippen molar-refractivity contribution in [2.45, 2.75) is 13.3 Å². The average molecular weight is 347 g/mol. The van der Waals surface area contributed by atoms with E-state index in [-0.39, 0.29) is 30.5 Å². The van der Waals surface area contributed by atoms with Crippen molar-refractivity contribution in [3.05, 3.63) is 39.4 Å². The van der Waals surface area contributed by atoms with Gasteiger partial charge in [0.15, 0.2) is 0 Å². The summed E-state index contributed by atoms with van der Waals surface area (Å²) in [6, 6.07) is 5.68. The van der Waals surface area contributed by atoms with E-state index in [4.69, 9.17) is 0 Å². The maximum Gasteiger partial charge on any atom is 0.269 e. The maximum absolute atomic E-state index is 12.2. The van der Waals surface area contributed by atoms with Crippen LogP contribution in [0.25, 0.3) is 0 Å². The van der Waals surface area contributed by atoms with Gasteiger partial charge in [-0.05, 0) is 19.1 Å². The normalized spacial score (nSPS) is 17.1. The molecule has 1 aliphatic rings. The molecule has 24 heavy (non-hydrogen) atoms. The number of hydrogen-bond donors (Lipinski definition) is 1. The van der Waals surface area contributed by atoms with Gasteiger partial charge in [0, 0.05) is 30.8 Å². The number of aryl methyl sites for hydroxylation is 1. The fourth-order valence-electron chi connectivity index (χ4n) is 2.44. The number of anilines is 2. The van der Waals surface area contributed by atoms with Crippen LogP contribution in [0.15, 0.2) is 24.3 Å². The lowest BCUT2D eigenvalue weighted by Crippen LogP contribution is -2.28. The molecule has 1 aromatic heterocycles. The Hall–Kier alpha value is -2.88. The summed E-state index contributed by atoms with van der Waals surface area (Å²) >= 11 is 1.26. The van der Waals surface area contributed by atoms with Crippen molar-refractivity contribution in [1.82, 2.24) is 10.2 Å². The van der Waals surface area contributed by atoms with Crippen LogP contribution in [0, 0.1) is 23.0 Å². The molecule has 124 valence electrons. The maximum atomic E-state index is 12.2. The summed E-state index contributed by atoms with van der Waals surface area (Å²) in [5.41, 5.74) is 0.485. The largest absolute Gasteiger partial charge is 0.312 e. The molecule has 1 aromatic carbocycles. The van der Waals surface area contributed by atoms with Crippen molar-refractivity contribution in [2.75, 3.05) is 16.8 Å². The molecule has 0 aliphatic carbocycles. The van der Waals surface area contributed by atoms with Crippen molar-refractivity contribution in [3.63, 3.8) is 0 Å². The molecule has 2 aromatic rings. The molecular weight excluding hydrogens is 334 g/mol. The monoisotopic (exact) mass is 347 g/mol. The minimum atomic E-state index is -0.504. The molecule has 2 heterocycles. The predicted octanol–water partition coefficient (Wildman–Crippen LogP) is 1.75. The second-order valence-corrected chi connectivity index (χ2v) is 6.48. The van der Waals surface area contributed by atoms with Crippen LogP contribution in [0.4, 0.5) is 16.5 Å². The first-order valence-electron chi connectivity index (χ1n) is 7.10. The zero-order valence-electron chi connectivity index (χ0n) is 12.6. The molecule has 0 spiro atoms. The molecule has 1 aliphatic heterocycles. The van der Waals surface area contributed by atoms with Gasteiger partial charge >= 0.3 is 0 Å². The van der Waals surface area contributed by atoms with Gasteiger partial charge in [0.1, 0.15) is 5.01 Å². The Kier molecular flexibility index (Phi) is 4.21. The predicted molar refractivity (Wildman–Crippen MR) is 86.8 cm³/mol. The van der Waals surface area contributed by atoms with Crippen molar-refractivity contribution >= 4 is 39.7 Å². The first kappa shape index (κ1) is 16.0. The molecule has 3 rings (SSSR count). The minimum absolute atomic E-state index is 0.0497. The van der Waals surface area contributed by atoms with Gasteiger partial charge in [-0.25, -0.2) is 0 Å². The highest BCUT2D eigenvalue weighted by Crippen LogP contribution is 2.27. The summed E-state index contributed by atoms with van der Waals surface area (Å²) in [5.74, 6) is -0.988. The van der Waals surface area contributed by atoms with Crippen molar-refractivity contribution in [3.8, 4) is 0 Å². The van der Waals surface area contributed by atoms with Gasteiger partial charge in [0.05, 0.1) is 10.8 Å². The van der Waals surface area contributed by atoms with Crippen LogP contribution in [-0.2, 0) is 9.59 Å². The number of hydrogen-bond acceptors (Lipinski definition) is 7. The van der Waals surface area contributed by atoms with E-state index < -0.39 is 10.8 Å². The molecule has 0 saturated carbocycles. The first-order valence-corrected chi connectivity index (χ1v) is 7.91. The third kappa shape index (κ3) is 3.23. The van der Waals surface area contributed by atoms with Crippen LogP contribution in [0.1, 0.15) is 11.4 Å². The van der Waals surface area contributed by atoms with Crippen LogP contribution in [0.3, 0.4) is 0 Å². The zero-order chi connectivity index (χ0) is 17.3. The second kappa shape index (κ2) is 6.32. The standard InChI is InChI=1S/C14H13N5O4S/c1-8-16-17-14(24-8)15-13(21)9-6-12(20)18(7-9)10-2-4-11(5-3-10)19(22)23/h2-5,9H,6-7H2,1H3,(H,15,17,21)/t9-/m0/s1. The Bertz CT molecular complexity index is 804. The molecule has 9 nitrogen and oxygen atoms in total. The van der Waals surface area contributed by atoms with E-state index in [0.717, 1.165) is 5.01 Å². The molecular formula is C14H13N5O4S. The SMILES string of the molecule is Cc1nnc(NC(=O)[C@H]2CC(=O)N(c3ccc([N+](=O)[O-])cc3)C2)s1. The smallest absolute Gasteiger partial charge is 0.269 e. The van der Waals surface area contributed by atoms with Crippen LogP contribution in [-0.4, -0.2) is 33.5 Å². The van der Waals surface area contributed by atoms with Crippen LogP contribution >= 0.6 is 11.3 Å². The van der Waals surface area contributed by atoms with Gasteiger partial charge in [-0.1, -0.05) is 11.3 Å². The molecule has 1 saturated heterocycles. The third-order valence-corrected chi connectivity index (χ3v) is 4.38. The van der Waals surface area contributed by atoms with E-state index in [1.165, 1.54) is 40.5 Å². The van der Waals surface area contributed by atoms with E-state index in [2.05, 4.69) is 15.5 Å². The van der Waals surface area contributed by atoms with Crippen molar-refractivity contribution in [2.24, 2.45) is 5.92 Å². The fourth-order valence-corrected chi connectivity index (χ4v) is 3.04. The van der Waals surface area contributed by atoms with Crippen LogP contribution in [0.2, 0.25) is 0 Å². The molecule has 2 amide bonds. The second-order valence-electron chi connectivity index (χ2n) is 5.29. The highest BCUT2D eigenvalue weighted by molar-refractivity contribution is 7.15. The minimum Gasteiger partial charge on any atom is -0.312 e. The summed E-state index contributed by atoms with van der Waals surface area (Å²) in [6.07, 6.45) is 0.0839. The van der Waals surface area contributed by atoms with Gasteiger partial charge in [-0.15, -0.1) is 10.2 Å². The molecule has 1 N–H and O–H groups in total. The number of amides is 2. The number of carbonyl (C=O) groups is 2. The highest BCUT2D eigenvalue weighted by Gasteiger charge is 2.35. The summed E-state index contributed by atoms with van der Waals surface area (Å²) < 4.78 is 0. The topological polar surface area (TPSA) is 118 Å². The van der Waals surface area contributed by atoms with E-state index in [1.54, 1.807) is 6.92 Å². The molecule has 1 atom stereocenters. The number of nitro benzene ring substituents is 1. The van der Waals surface area contributed by atoms with Gasteiger partial charge in [0.25, 0.3) is 5.69 Å². The Morgan fingerprint density at radius 1 is 1.38 bits per heavy atom. The summed E-state index contributed by atoms with van der Waals surface area (Å²) in [4.78, 5) is 36.0. The molecule has 0 bridgehead atoms. The fraction of sp³-hybridized carbons (Fsp3) is 0.286. The Labute approximate surface area is 140 Å². The third-order valence-electron chi connectivity index (χ3n) is 3.62. The Balaban J connectivity index is 1.68. The number of rotatable bonds is 4. The van der Waals surface area contributed by atoms with Crippen molar-refractivity contribution in [1.29, 1.82) is 0 Å². The summed E-state index contributed by atoms with van der Waals surface area (Å²) in [7, 11) is 0. The van der Waals surface area contributed by atoms with Crippen LogP contribution < -0.4 is 10.2 Å². The van der Waals surface area contributed by atoms with E-state index in [0.29, 0.717) is 10.8 Å². The lowest BCUT2D eigenvalue weighted by Gasteiger charge is -2.16. The molecule has 0 radical (unpaired) electrons. The quantitative estimate of drug-likeness (QED) is 0.665. The number of benzene rings is 1. The molecule has 1 fully saturated rings. The first-order chi connectivity index (χ1) is 11.4. The highest BCUT2D eigenvalue weighted by atomic mass is 32.1. The van der Waals surface area contributed by atoms with Gasteiger partial charge < -0.3 is 10.2 Å². The van der Waals surface area contributed by atoms with Crippen molar-refractivity contribution < 1.29 is 14.5 Å². The van der Waals surface area contributed by atoms with Gasteiger partial charge in [0.2, 0.25) is 16.9 Å². The summed E-state index contributed by atoms with van der Waals surface area (Å²) in [6.45, 7) is 2.00. The van der Waals surface area contributed by atoms with Crippen LogP contribution in [0.5, 0.6) is 0 Å².